The first kappa shape index (κ1) is 15.6. The number of alkyl halides is 1. The quantitative estimate of drug-likeness (QED) is 0.494. The van der Waals surface area contributed by atoms with Gasteiger partial charge >= 0.3 is 12.0 Å². The van der Waals surface area contributed by atoms with Gasteiger partial charge in [0.15, 0.2) is 6.04 Å². The van der Waals surface area contributed by atoms with Gasteiger partial charge in [-0.2, -0.15) is 4.58 Å². The number of halogens is 1. The SMILES string of the molecule is CCOC(=O)C1=C(CBr)[N+](C)=C(O)N[C@@H]1c1ccccc1. The van der Waals surface area contributed by atoms with Gasteiger partial charge in [0.05, 0.1) is 19.0 Å². The summed E-state index contributed by atoms with van der Waals surface area (Å²) in [5.74, 6) is -0.382. The topological polar surface area (TPSA) is 61.6 Å². The van der Waals surface area contributed by atoms with Gasteiger partial charge in [0.1, 0.15) is 11.3 Å². The van der Waals surface area contributed by atoms with Gasteiger partial charge in [0, 0.05) is 5.56 Å². The summed E-state index contributed by atoms with van der Waals surface area (Å²) in [6.45, 7) is 2.08. The average Bonchev–Trinajstić information content (AvgIpc) is 2.50. The first-order chi connectivity index (χ1) is 10.1. The molecule has 0 saturated carbocycles. The Labute approximate surface area is 132 Å². The molecule has 0 radical (unpaired) electrons. The molecule has 2 N–H and O–H groups in total. The fraction of sp³-hybridized carbons (Fsp3) is 0.333. The van der Waals surface area contributed by atoms with Gasteiger partial charge in [-0.3, -0.25) is 0 Å². The number of amidine groups is 1. The number of aliphatic hydroxyl groups excluding tert-OH is 1. The van der Waals surface area contributed by atoms with Crippen molar-refractivity contribution in [3.8, 4) is 0 Å². The number of carbonyl (C=O) groups excluding carboxylic acids is 1. The molecular formula is C15H18BrN2O3+. The highest BCUT2D eigenvalue weighted by molar-refractivity contribution is 9.09. The summed E-state index contributed by atoms with van der Waals surface area (Å²) in [6.07, 6.45) is 0. The second kappa shape index (κ2) is 6.76. The van der Waals surface area contributed by atoms with E-state index in [1.807, 2.05) is 30.3 Å². The lowest BCUT2D eigenvalue weighted by molar-refractivity contribution is -0.458. The zero-order chi connectivity index (χ0) is 15.4. The van der Waals surface area contributed by atoms with Crippen molar-refractivity contribution in [3.05, 3.63) is 47.2 Å². The van der Waals surface area contributed by atoms with Gasteiger partial charge in [0.25, 0.3) is 0 Å². The van der Waals surface area contributed by atoms with Crippen LogP contribution in [0.3, 0.4) is 0 Å². The molecule has 0 bridgehead atoms. The molecule has 0 saturated heterocycles. The summed E-state index contributed by atoms with van der Waals surface area (Å²) in [5, 5.41) is 13.5. The van der Waals surface area contributed by atoms with E-state index in [-0.39, 0.29) is 12.0 Å². The Hall–Kier alpha value is -1.82. The van der Waals surface area contributed by atoms with Crippen LogP contribution in [0.25, 0.3) is 0 Å². The molecule has 6 heteroatoms. The van der Waals surface area contributed by atoms with Crippen LogP contribution in [0.5, 0.6) is 0 Å². The molecule has 112 valence electrons. The molecule has 5 nitrogen and oxygen atoms in total. The van der Waals surface area contributed by atoms with Crippen LogP contribution in [0.2, 0.25) is 0 Å². The summed E-state index contributed by atoms with van der Waals surface area (Å²) in [4.78, 5) is 12.3. The Bertz CT molecular complexity index is 596. The smallest absolute Gasteiger partial charge is 0.447 e. The molecule has 2 rings (SSSR count). The highest BCUT2D eigenvalue weighted by Crippen LogP contribution is 2.29. The van der Waals surface area contributed by atoms with Crippen LogP contribution in [0, 0.1) is 0 Å². The zero-order valence-corrected chi connectivity index (χ0v) is 13.6. The number of rotatable bonds is 4. The third-order valence-corrected chi connectivity index (χ3v) is 3.88. The van der Waals surface area contributed by atoms with Gasteiger partial charge in [-0.1, -0.05) is 46.3 Å². The third kappa shape index (κ3) is 3.10. The van der Waals surface area contributed by atoms with Gasteiger partial charge < -0.3 is 9.84 Å². The van der Waals surface area contributed by atoms with E-state index in [4.69, 9.17) is 4.74 Å². The zero-order valence-electron chi connectivity index (χ0n) is 12.0. The van der Waals surface area contributed by atoms with Crippen LogP contribution in [-0.4, -0.2) is 40.7 Å². The lowest BCUT2D eigenvalue weighted by atomic mass is 9.96. The van der Waals surface area contributed by atoms with E-state index >= 15 is 0 Å². The highest BCUT2D eigenvalue weighted by atomic mass is 79.9. The Morgan fingerprint density at radius 2 is 2.10 bits per heavy atom. The van der Waals surface area contributed by atoms with Crippen LogP contribution in [0.15, 0.2) is 41.6 Å². The van der Waals surface area contributed by atoms with Gasteiger partial charge in [-0.05, 0) is 6.92 Å². The van der Waals surface area contributed by atoms with Crippen LogP contribution in [0.1, 0.15) is 18.5 Å². The summed E-state index contributed by atoms with van der Waals surface area (Å²) in [5.41, 5.74) is 2.07. The van der Waals surface area contributed by atoms with Crippen molar-refractivity contribution in [2.75, 3.05) is 19.0 Å². The van der Waals surface area contributed by atoms with Crippen molar-refractivity contribution >= 4 is 27.9 Å². The molecule has 0 aliphatic carbocycles. The number of esters is 1. The summed E-state index contributed by atoms with van der Waals surface area (Å²) < 4.78 is 6.72. The van der Waals surface area contributed by atoms with Crippen molar-refractivity contribution in [1.29, 1.82) is 0 Å². The van der Waals surface area contributed by atoms with E-state index < -0.39 is 6.04 Å². The fourth-order valence-corrected chi connectivity index (χ4v) is 2.95. The van der Waals surface area contributed by atoms with Gasteiger partial charge in [-0.25, -0.2) is 10.1 Å². The standard InChI is InChI=1S/C15H17BrN2O3/c1-3-21-14(19)12-11(9-16)18(2)15(20)17-13(12)10-7-5-4-6-8-10/h4-8,13H,3,9H2,1-2H3,(H,17,20)/p+1/t13-/m1/s1. The largest absolute Gasteiger partial charge is 0.462 e. The van der Waals surface area contributed by atoms with E-state index in [1.165, 1.54) is 0 Å². The molecule has 0 aromatic heterocycles. The molecule has 1 aliphatic rings. The Kier molecular flexibility index (Phi) is 5.01. The lowest BCUT2D eigenvalue weighted by Gasteiger charge is -2.23. The maximum atomic E-state index is 12.3. The first-order valence-electron chi connectivity index (χ1n) is 6.67. The Morgan fingerprint density at radius 1 is 1.43 bits per heavy atom. The van der Waals surface area contributed by atoms with Crippen LogP contribution in [-0.2, 0) is 9.53 Å². The predicted octanol–water partition coefficient (Wildman–Crippen LogP) is 2.10. The molecule has 1 atom stereocenters. The van der Waals surface area contributed by atoms with Crippen molar-refractivity contribution in [2.45, 2.75) is 13.0 Å². The van der Waals surface area contributed by atoms with E-state index in [1.54, 1.807) is 18.5 Å². The van der Waals surface area contributed by atoms with Crippen LogP contribution >= 0.6 is 15.9 Å². The first-order valence-corrected chi connectivity index (χ1v) is 7.79. The maximum absolute atomic E-state index is 12.3. The predicted molar refractivity (Wildman–Crippen MR) is 83.6 cm³/mol. The van der Waals surface area contributed by atoms with E-state index in [9.17, 15) is 9.90 Å². The monoisotopic (exact) mass is 353 g/mol. The van der Waals surface area contributed by atoms with Crippen LogP contribution in [0.4, 0.5) is 0 Å². The molecule has 1 aromatic carbocycles. The number of hydrogen-bond donors (Lipinski definition) is 2. The lowest BCUT2D eigenvalue weighted by Crippen LogP contribution is -2.43. The minimum Gasteiger partial charge on any atom is -0.462 e. The Balaban J connectivity index is 2.55. The normalized spacial score (nSPS) is 18.5. The molecule has 1 heterocycles. The highest BCUT2D eigenvalue weighted by Gasteiger charge is 2.38. The van der Waals surface area contributed by atoms with E-state index in [0.29, 0.717) is 23.2 Å². The number of aliphatic hydroxyl groups is 1. The van der Waals surface area contributed by atoms with Crippen LogP contribution < -0.4 is 5.32 Å². The summed E-state index contributed by atoms with van der Waals surface area (Å²) in [7, 11) is 1.69. The van der Waals surface area contributed by atoms with Gasteiger partial charge in [-0.15, -0.1) is 0 Å². The molecule has 21 heavy (non-hydrogen) atoms. The molecule has 0 spiro atoms. The average molecular weight is 354 g/mol. The number of benzene rings is 1. The minimum atomic E-state index is -0.436. The number of hydrogen-bond acceptors (Lipinski definition) is 3. The number of carbonyl (C=O) groups is 1. The van der Waals surface area contributed by atoms with Crippen molar-refractivity contribution in [2.24, 2.45) is 0 Å². The van der Waals surface area contributed by atoms with Crippen molar-refractivity contribution in [3.63, 3.8) is 0 Å². The molecular weight excluding hydrogens is 336 g/mol. The second-order valence-corrected chi connectivity index (χ2v) is 5.15. The molecule has 1 aliphatic heterocycles. The molecule has 0 amide bonds. The number of allylic oxidation sites excluding steroid dienone is 1. The third-order valence-electron chi connectivity index (χ3n) is 3.35. The fourth-order valence-electron chi connectivity index (χ4n) is 2.27. The summed E-state index contributed by atoms with van der Waals surface area (Å²) in [6, 6.07) is 9.07. The maximum Gasteiger partial charge on any atom is 0.447 e. The number of ether oxygens (including phenoxy) is 1. The van der Waals surface area contributed by atoms with E-state index in [0.717, 1.165) is 5.56 Å². The molecule has 0 unspecified atom stereocenters. The van der Waals surface area contributed by atoms with Crippen molar-refractivity contribution < 1.29 is 19.2 Å². The molecule has 1 aromatic rings. The van der Waals surface area contributed by atoms with E-state index in [2.05, 4.69) is 21.2 Å². The Morgan fingerprint density at radius 3 is 2.67 bits per heavy atom. The minimum absolute atomic E-state index is 0.00588. The van der Waals surface area contributed by atoms with Crippen molar-refractivity contribution in [1.82, 2.24) is 5.32 Å². The van der Waals surface area contributed by atoms with Gasteiger partial charge in [0.2, 0.25) is 0 Å². The number of nitrogens with one attached hydrogen (secondary N) is 1. The molecule has 0 fully saturated rings. The summed E-state index contributed by atoms with van der Waals surface area (Å²) >= 11 is 3.38. The second-order valence-electron chi connectivity index (χ2n) is 4.59. The number of nitrogens with zero attached hydrogens (tertiary/aromatic N) is 1.